The Kier molecular flexibility index (Phi) is 3.20. The average molecular weight is 360 g/mol. The van der Waals surface area contributed by atoms with Gasteiger partial charge in [-0.15, -0.1) is 0 Å². The van der Waals surface area contributed by atoms with Crippen molar-refractivity contribution in [3.05, 3.63) is 11.6 Å². The molecule has 3 saturated carbocycles. The molecule has 0 aromatic rings. The predicted molar refractivity (Wildman–Crippen MR) is 93.2 cm³/mol. The molecule has 0 unspecified atom stereocenters. The number of hydrogen-bond acceptors (Lipinski definition) is 5. The molecule has 4 aliphatic carbocycles. The van der Waals surface area contributed by atoms with Crippen LogP contribution in [0.1, 0.15) is 58.8 Å². The van der Waals surface area contributed by atoms with E-state index < -0.39 is 23.4 Å². The third-order valence-corrected chi connectivity index (χ3v) is 9.09. The molecule has 5 aliphatic rings. The van der Waals surface area contributed by atoms with Gasteiger partial charge in [-0.05, 0) is 56.4 Å². The van der Waals surface area contributed by atoms with Gasteiger partial charge in [0.1, 0.15) is 17.8 Å². The smallest absolute Gasteiger partial charge is 0.190 e. The van der Waals surface area contributed by atoms with Crippen molar-refractivity contribution in [3.63, 3.8) is 0 Å². The summed E-state index contributed by atoms with van der Waals surface area (Å²) in [6, 6.07) is 0. The molecule has 142 valence electrons. The van der Waals surface area contributed by atoms with E-state index in [0.717, 1.165) is 25.7 Å². The third-order valence-electron chi connectivity index (χ3n) is 9.09. The molecular weight excluding hydrogens is 332 g/mol. The zero-order chi connectivity index (χ0) is 18.5. The quantitative estimate of drug-likeness (QED) is 0.735. The Labute approximate surface area is 153 Å². The van der Waals surface area contributed by atoms with E-state index in [4.69, 9.17) is 4.74 Å². The molecule has 1 saturated heterocycles. The van der Waals surface area contributed by atoms with Gasteiger partial charge >= 0.3 is 0 Å². The van der Waals surface area contributed by atoms with Crippen LogP contribution in [0.3, 0.4) is 0 Å². The lowest BCUT2D eigenvalue weighted by molar-refractivity contribution is -0.160. The van der Waals surface area contributed by atoms with Crippen molar-refractivity contribution in [3.8, 4) is 0 Å². The van der Waals surface area contributed by atoms with Crippen molar-refractivity contribution >= 4 is 11.6 Å². The molecule has 0 bridgehead atoms. The lowest BCUT2D eigenvalue weighted by Gasteiger charge is -2.56. The van der Waals surface area contributed by atoms with E-state index in [1.54, 1.807) is 0 Å². The number of aliphatic hydroxyl groups is 2. The molecule has 1 heterocycles. The first-order valence-electron chi connectivity index (χ1n) is 10.0. The molecule has 7 atom stereocenters. The summed E-state index contributed by atoms with van der Waals surface area (Å²) in [5.74, 6) is 0.315. The molecule has 0 radical (unpaired) electrons. The van der Waals surface area contributed by atoms with Gasteiger partial charge in [0.05, 0.1) is 6.10 Å². The van der Waals surface area contributed by atoms with E-state index in [1.807, 2.05) is 13.0 Å². The fourth-order valence-electron chi connectivity index (χ4n) is 7.61. The van der Waals surface area contributed by atoms with Crippen molar-refractivity contribution < 1.29 is 24.5 Å². The Hall–Kier alpha value is -1.04. The predicted octanol–water partition coefficient (Wildman–Crippen LogP) is 1.94. The highest BCUT2D eigenvalue weighted by molar-refractivity contribution is 5.92. The SMILES string of the molecule is C[C@]12CCC(=O)C=C1CC[C@H]1[C@@H]3CC[C@](O)(C(=O)CO)[C@@]3(C)C[C@@H]3O[C@@]312. The van der Waals surface area contributed by atoms with Gasteiger partial charge in [-0.1, -0.05) is 19.4 Å². The summed E-state index contributed by atoms with van der Waals surface area (Å²) >= 11 is 0. The fraction of sp³-hybridized carbons (Fsp3) is 0.810. The minimum atomic E-state index is -1.44. The maximum absolute atomic E-state index is 12.4. The van der Waals surface area contributed by atoms with Gasteiger partial charge in [0.15, 0.2) is 11.6 Å². The first-order chi connectivity index (χ1) is 12.2. The topological polar surface area (TPSA) is 87.1 Å². The summed E-state index contributed by atoms with van der Waals surface area (Å²) in [4.78, 5) is 24.4. The first kappa shape index (κ1) is 17.1. The molecule has 5 heteroatoms. The van der Waals surface area contributed by atoms with Crippen LogP contribution >= 0.6 is 0 Å². The molecule has 1 spiro atoms. The van der Waals surface area contributed by atoms with E-state index in [9.17, 15) is 19.8 Å². The molecule has 0 aromatic heterocycles. The number of carbonyl (C=O) groups excluding carboxylic acids is 2. The number of epoxide rings is 1. The van der Waals surface area contributed by atoms with Crippen LogP contribution < -0.4 is 0 Å². The van der Waals surface area contributed by atoms with E-state index in [0.29, 0.717) is 25.2 Å². The highest BCUT2D eigenvalue weighted by Gasteiger charge is 2.81. The van der Waals surface area contributed by atoms with Crippen molar-refractivity contribution in [2.45, 2.75) is 76.1 Å². The van der Waals surface area contributed by atoms with Gasteiger partial charge in [0.2, 0.25) is 0 Å². The van der Waals surface area contributed by atoms with Crippen molar-refractivity contribution in [2.24, 2.45) is 22.7 Å². The second kappa shape index (κ2) is 4.86. The Bertz CT molecular complexity index is 743. The lowest BCUT2D eigenvalue weighted by Crippen LogP contribution is -2.61. The Balaban J connectivity index is 1.57. The second-order valence-corrected chi connectivity index (χ2v) is 9.72. The molecule has 2 N–H and O–H groups in total. The zero-order valence-electron chi connectivity index (χ0n) is 15.6. The van der Waals surface area contributed by atoms with Crippen LogP contribution in [0.4, 0.5) is 0 Å². The van der Waals surface area contributed by atoms with Crippen LogP contribution in [-0.2, 0) is 14.3 Å². The Morgan fingerprint density at radius 1 is 1.23 bits per heavy atom. The van der Waals surface area contributed by atoms with Gasteiger partial charge in [0.25, 0.3) is 0 Å². The van der Waals surface area contributed by atoms with Gasteiger partial charge in [0, 0.05) is 17.3 Å². The van der Waals surface area contributed by atoms with E-state index in [-0.39, 0.29) is 28.8 Å². The number of Topliss-reactive ketones (excluding diaryl/α,β-unsaturated/α-hetero) is 1. The molecule has 5 rings (SSSR count). The summed E-state index contributed by atoms with van der Waals surface area (Å²) in [5, 5.41) is 20.7. The van der Waals surface area contributed by atoms with Gasteiger partial charge in [-0.3, -0.25) is 9.59 Å². The Morgan fingerprint density at radius 2 is 2.00 bits per heavy atom. The number of ether oxygens (including phenoxy) is 1. The molecule has 4 fully saturated rings. The van der Waals surface area contributed by atoms with E-state index >= 15 is 0 Å². The standard InChI is InChI=1S/C21H28O5/c1-18-7-5-13(23)9-12(18)3-4-15-14-6-8-20(25,16(24)11-22)19(14,2)10-17-21(15,18)26-17/h9,14-15,17,22,25H,3-8,10-11H2,1-2H3/t14-,15-,17-,18-,19-,20-,21+/m0/s1. The molecule has 1 aliphatic heterocycles. The van der Waals surface area contributed by atoms with Crippen LogP contribution in [0.15, 0.2) is 11.6 Å². The number of fused-ring (bicyclic) bond motifs is 3. The minimum absolute atomic E-state index is 0.0340. The van der Waals surface area contributed by atoms with Gasteiger partial charge in [-0.2, -0.15) is 0 Å². The molecule has 26 heavy (non-hydrogen) atoms. The van der Waals surface area contributed by atoms with Crippen molar-refractivity contribution in [1.82, 2.24) is 0 Å². The summed E-state index contributed by atoms with van der Waals surface area (Å²) in [7, 11) is 0. The van der Waals surface area contributed by atoms with Crippen LogP contribution in [0.25, 0.3) is 0 Å². The number of hydrogen-bond donors (Lipinski definition) is 2. The minimum Gasteiger partial charge on any atom is -0.388 e. The highest BCUT2D eigenvalue weighted by atomic mass is 16.6. The number of rotatable bonds is 2. The molecule has 0 amide bonds. The lowest BCUT2D eigenvalue weighted by atomic mass is 9.46. The molecule has 0 aromatic carbocycles. The fourth-order valence-corrected chi connectivity index (χ4v) is 7.61. The largest absolute Gasteiger partial charge is 0.388 e. The maximum Gasteiger partial charge on any atom is 0.190 e. The van der Waals surface area contributed by atoms with Crippen molar-refractivity contribution in [2.75, 3.05) is 6.61 Å². The molecular formula is C21H28O5. The third kappa shape index (κ3) is 1.65. The van der Waals surface area contributed by atoms with Crippen molar-refractivity contribution in [1.29, 1.82) is 0 Å². The maximum atomic E-state index is 12.4. The summed E-state index contributed by atoms with van der Waals surface area (Å²) < 4.78 is 6.45. The number of ketones is 2. The monoisotopic (exact) mass is 360 g/mol. The summed E-state index contributed by atoms with van der Waals surface area (Å²) in [6.07, 6.45) is 7.08. The summed E-state index contributed by atoms with van der Waals surface area (Å²) in [6.45, 7) is 3.69. The normalized spacial score (nSPS) is 54.5. The van der Waals surface area contributed by atoms with Crippen LogP contribution in [0.5, 0.6) is 0 Å². The first-order valence-corrected chi connectivity index (χ1v) is 10.0. The summed E-state index contributed by atoms with van der Waals surface area (Å²) in [5.41, 5.74) is -1.06. The average Bonchev–Trinajstić information content (AvgIpc) is 3.27. The van der Waals surface area contributed by atoms with Crippen LogP contribution in [0.2, 0.25) is 0 Å². The number of carbonyl (C=O) groups is 2. The highest BCUT2D eigenvalue weighted by Crippen LogP contribution is 2.76. The van der Waals surface area contributed by atoms with E-state index in [2.05, 4.69) is 6.92 Å². The molecule has 5 nitrogen and oxygen atoms in total. The van der Waals surface area contributed by atoms with Crippen LogP contribution in [0, 0.1) is 22.7 Å². The van der Waals surface area contributed by atoms with Gasteiger partial charge in [-0.25, -0.2) is 0 Å². The Morgan fingerprint density at radius 3 is 2.73 bits per heavy atom. The van der Waals surface area contributed by atoms with Gasteiger partial charge < -0.3 is 14.9 Å². The van der Waals surface area contributed by atoms with E-state index in [1.165, 1.54) is 5.57 Å². The van der Waals surface area contributed by atoms with Crippen LogP contribution in [-0.4, -0.2) is 45.7 Å². The zero-order valence-corrected chi connectivity index (χ0v) is 15.6. The number of aliphatic hydroxyl groups excluding tert-OH is 1. The second-order valence-electron chi connectivity index (χ2n) is 9.72.